The molecule has 2 nitrogen and oxygen atoms in total. The van der Waals surface area contributed by atoms with Gasteiger partial charge in [0.1, 0.15) is 0 Å². The Morgan fingerprint density at radius 1 is 0.950 bits per heavy atom. The number of benzene rings is 2. The van der Waals surface area contributed by atoms with Crippen molar-refractivity contribution >= 4 is 5.97 Å². The van der Waals surface area contributed by atoms with Gasteiger partial charge in [0.2, 0.25) is 0 Å². The zero-order valence-corrected chi connectivity index (χ0v) is 12.1. The fourth-order valence-electron chi connectivity index (χ4n) is 1.94. The lowest BCUT2D eigenvalue weighted by molar-refractivity contribution is 0.0500. The summed E-state index contributed by atoms with van der Waals surface area (Å²) in [6.45, 7) is 4.64. The van der Waals surface area contributed by atoms with Gasteiger partial charge in [-0.05, 0) is 36.6 Å². The van der Waals surface area contributed by atoms with Gasteiger partial charge in [-0.2, -0.15) is 0 Å². The molecule has 0 atom stereocenters. The van der Waals surface area contributed by atoms with Crippen molar-refractivity contribution in [2.24, 2.45) is 0 Å². The van der Waals surface area contributed by atoms with Crippen LogP contribution in [0.25, 0.3) is 11.1 Å². The van der Waals surface area contributed by atoms with E-state index in [2.05, 4.69) is 38.1 Å². The summed E-state index contributed by atoms with van der Waals surface area (Å²) in [7, 11) is 0. The van der Waals surface area contributed by atoms with Crippen LogP contribution in [0.1, 0.15) is 35.7 Å². The number of carbonyl (C=O) groups excluding carboxylic acids is 1. The monoisotopic (exact) mass is 268 g/mol. The molecule has 0 fully saturated rings. The van der Waals surface area contributed by atoms with E-state index in [0.29, 0.717) is 12.2 Å². The molecular weight excluding hydrogens is 248 g/mol. The second kappa shape index (κ2) is 6.90. The van der Waals surface area contributed by atoms with Crippen LogP contribution in [0.15, 0.2) is 48.5 Å². The Hall–Kier alpha value is -2.09. The van der Waals surface area contributed by atoms with Gasteiger partial charge in [0, 0.05) is 0 Å². The van der Waals surface area contributed by atoms with Gasteiger partial charge >= 0.3 is 5.97 Å². The third-order valence-electron chi connectivity index (χ3n) is 3.24. The Morgan fingerprint density at radius 2 is 1.50 bits per heavy atom. The Kier molecular flexibility index (Phi) is 4.94. The number of hydrogen-bond donors (Lipinski definition) is 0. The summed E-state index contributed by atoms with van der Waals surface area (Å²) in [6, 6.07) is 15.9. The van der Waals surface area contributed by atoms with Gasteiger partial charge < -0.3 is 4.74 Å². The number of ether oxygens (including phenoxy) is 1. The number of aryl methyl sites for hydroxylation is 1. The van der Waals surface area contributed by atoms with E-state index in [1.54, 1.807) is 0 Å². The van der Waals surface area contributed by atoms with Gasteiger partial charge in [-0.25, -0.2) is 4.79 Å². The average Bonchev–Trinajstić information content (AvgIpc) is 2.48. The van der Waals surface area contributed by atoms with E-state index in [-0.39, 0.29) is 5.97 Å². The first kappa shape index (κ1) is 14.3. The van der Waals surface area contributed by atoms with E-state index in [4.69, 9.17) is 4.74 Å². The topological polar surface area (TPSA) is 26.3 Å². The van der Waals surface area contributed by atoms with Crippen molar-refractivity contribution in [3.63, 3.8) is 0 Å². The molecule has 2 aromatic rings. The Balaban J connectivity index is 2.06. The fraction of sp³-hybridized carbons (Fsp3) is 0.278. The predicted octanol–water partition coefficient (Wildman–Crippen LogP) is 4.62. The highest BCUT2D eigenvalue weighted by Crippen LogP contribution is 2.20. The van der Waals surface area contributed by atoms with Crippen molar-refractivity contribution in [1.82, 2.24) is 0 Å². The highest BCUT2D eigenvalue weighted by molar-refractivity contribution is 5.90. The van der Waals surface area contributed by atoms with E-state index in [1.807, 2.05) is 24.3 Å². The highest BCUT2D eigenvalue weighted by Gasteiger charge is 2.06. The molecule has 0 heterocycles. The predicted molar refractivity (Wildman–Crippen MR) is 81.8 cm³/mol. The summed E-state index contributed by atoms with van der Waals surface area (Å²) in [5.41, 5.74) is 4.11. The summed E-state index contributed by atoms with van der Waals surface area (Å²) in [5.74, 6) is -0.242. The van der Waals surface area contributed by atoms with Crippen LogP contribution in [-0.4, -0.2) is 12.6 Å². The molecule has 0 aliphatic heterocycles. The van der Waals surface area contributed by atoms with Crippen LogP contribution in [0, 0.1) is 6.92 Å². The molecule has 0 aliphatic carbocycles. The molecule has 20 heavy (non-hydrogen) atoms. The van der Waals surface area contributed by atoms with Crippen molar-refractivity contribution < 1.29 is 9.53 Å². The van der Waals surface area contributed by atoms with Crippen molar-refractivity contribution in [1.29, 1.82) is 0 Å². The van der Waals surface area contributed by atoms with E-state index in [1.165, 1.54) is 5.56 Å². The maximum Gasteiger partial charge on any atom is 0.338 e. The van der Waals surface area contributed by atoms with E-state index in [0.717, 1.165) is 24.0 Å². The summed E-state index contributed by atoms with van der Waals surface area (Å²) >= 11 is 0. The molecule has 0 aromatic heterocycles. The number of unbranched alkanes of at least 4 members (excludes halogenated alkanes) is 1. The molecule has 0 radical (unpaired) electrons. The molecule has 0 N–H and O–H groups in total. The molecule has 0 saturated heterocycles. The lowest BCUT2D eigenvalue weighted by Crippen LogP contribution is -2.06. The van der Waals surface area contributed by atoms with Crippen molar-refractivity contribution in [3.8, 4) is 11.1 Å². The number of esters is 1. The molecule has 104 valence electrons. The number of hydrogen-bond acceptors (Lipinski definition) is 2. The summed E-state index contributed by atoms with van der Waals surface area (Å²) in [6.07, 6.45) is 1.94. The van der Waals surface area contributed by atoms with Crippen LogP contribution in [-0.2, 0) is 4.74 Å². The van der Waals surface area contributed by atoms with Crippen molar-refractivity contribution in [3.05, 3.63) is 59.7 Å². The molecule has 0 saturated carbocycles. The van der Waals surface area contributed by atoms with Crippen molar-refractivity contribution in [2.75, 3.05) is 6.61 Å². The molecule has 0 amide bonds. The first-order valence-corrected chi connectivity index (χ1v) is 7.05. The molecule has 0 spiro atoms. The van der Waals surface area contributed by atoms with Crippen LogP contribution in [0.4, 0.5) is 0 Å². The van der Waals surface area contributed by atoms with Crippen molar-refractivity contribution in [2.45, 2.75) is 26.7 Å². The maximum atomic E-state index is 11.8. The molecule has 0 unspecified atom stereocenters. The minimum atomic E-state index is -0.242. The van der Waals surface area contributed by atoms with Gasteiger partial charge in [0.15, 0.2) is 0 Å². The van der Waals surface area contributed by atoms with Crippen LogP contribution in [0.5, 0.6) is 0 Å². The van der Waals surface area contributed by atoms with Gasteiger partial charge in [-0.3, -0.25) is 0 Å². The van der Waals surface area contributed by atoms with Crippen LogP contribution in [0.3, 0.4) is 0 Å². The van der Waals surface area contributed by atoms with Crippen LogP contribution < -0.4 is 0 Å². The lowest BCUT2D eigenvalue weighted by atomic mass is 10.0. The first-order valence-electron chi connectivity index (χ1n) is 7.05. The second-order valence-corrected chi connectivity index (χ2v) is 4.93. The Labute approximate surface area is 120 Å². The van der Waals surface area contributed by atoms with Crippen LogP contribution >= 0.6 is 0 Å². The largest absolute Gasteiger partial charge is 0.462 e. The molecule has 0 aliphatic rings. The summed E-state index contributed by atoms with van der Waals surface area (Å²) < 4.78 is 5.19. The Bertz CT molecular complexity index is 553. The van der Waals surface area contributed by atoms with Crippen LogP contribution in [0.2, 0.25) is 0 Å². The average molecular weight is 268 g/mol. The Morgan fingerprint density at radius 3 is 2.05 bits per heavy atom. The summed E-state index contributed by atoms with van der Waals surface area (Å²) in [4.78, 5) is 11.8. The number of carbonyl (C=O) groups is 1. The SMILES string of the molecule is CCCCOC(=O)c1ccc(-c2ccc(C)cc2)cc1. The third kappa shape index (κ3) is 3.70. The molecule has 2 rings (SSSR count). The number of rotatable bonds is 5. The molecule has 2 heteroatoms. The summed E-state index contributed by atoms with van der Waals surface area (Å²) in [5, 5.41) is 0. The smallest absolute Gasteiger partial charge is 0.338 e. The van der Waals surface area contributed by atoms with Gasteiger partial charge in [0.25, 0.3) is 0 Å². The minimum absolute atomic E-state index is 0.242. The molecular formula is C18H20O2. The second-order valence-electron chi connectivity index (χ2n) is 4.93. The molecule has 2 aromatic carbocycles. The van der Waals surface area contributed by atoms with Gasteiger partial charge in [0.05, 0.1) is 12.2 Å². The van der Waals surface area contributed by atoms with Gasteiger partial charge in [-0.15, -0.1) is 0 Å². The standard InChI is InChI=1S/C18H20O2/c1-3-4-13-20-18(19)17-11-9-16(10-12-17)15-7-5-14(2)6-8-15/h5-12H,3-4,13H2,1-2H3. The molecule has 0 bridgehead atoms. The zero-order chi connectivity index (χ0) is 14.4. The fourth-order valence-corrected chi connectivity index (χ4v) is 1.94. The van der Waals surface area contributed by atoms with E-state index < -0.39 is 0 Å². The maximum absolute atomic E-state index is 11.8. The van der Waals surface area contributed by atoms with E-state index in [9.17, 15) is 4.79 Å². The lowest BCUT2D eigenvalue weighted by Gasteiger charge is -2.06. The first-order chi connectivity index (χ1) is 9.70. The van der Waals surface area contributed by atoms with Gasteiger partial charge in [-0.1, -0.05) is 55.3 Å². The normalized spacial score (nSPS) is 10.3. The third-order valence-corrected chi connectivity index (χ3v) is 3.24. The highest BCUT2D eigenvalue weighted by atomic mass is 16.5. The van der Waals surface area contributed by atoms with E-state index >= 15 is 0 Å². The zero-order valence-electron chi connectivity index (χ0n) is 12.1. The quantitative estimate of drug-likeness (QED) is 0.584. The minimum Gasteiger partial charge on any atom is -0.462 e.